The molecule has 1 aliphatic heterocycles. The Balaban J connectivity index is 1.59. The second kappa shape index (κ2) is 8.85. The zero-order valence-corrected chi connectivity index (χ0v) is 15.6. The quantitative estimate of drug-likeness (QED) is 0.366. The highest BCUT2D eigenvalue weighted by Crippen LogP contribution is 2.33. The van der Waals surface area contributed by atoms with Gasteiger partial charge in [-0.1, -0.05) is 11.6 Å². The molecule has 2 heterocycles. The van der Waals surface area contributed by atoms with E-state index in [9.17, 15) is 14.9 Å². The van der Waals surface area contributed by atoms with Crippen LogP contribution in [-0.4, -0.2) is 41.8 Å². The third-order valence-corrected chi connectivity index (χ3v) is 4.74. The number of nitro groups is 1. The van der Waals surface area contributed by atoms with E-state index < -0.39 is 10.9 Å². The van der Waals surface area contributed by atoms with Gasteiger partial charge < -0.3 is 20.3 Å². The minimum Gasteiger partial charge on any atom is -0.481 e. The van der Waals surface area contributed by atoms with Crippen LogP contribution in [0.5, 0.6) is 0 Å². The summed E-state index contributed by atoms with van der Waals surface area (Å²) in [6, 6.07) is 7.65. The molecule has 0 aliphatic carbocycles. The number of carboxylic acids is 1. The molecule has 1 saturated heterocycles. The fourth-order valence-electron chi connectivity index (χ4n) is 3.10. The first-order valence-corrected chi connectivity index (χ1v) is 9.05. The van der Waals surface area contributed by atoms with Gasteiger partial charge in [-0.2, -0.15) is 5.10 Å². The fourth-order valence-corrected chi connectivity index (χ4v) is 3.26. The molecule has 1 fully saturated rings. The lowest BCUT2D eigenvalue weighted by atomic mass is 9.91. The van der Waals surface area contributed by atoms with E-state index in [0.717, 1.165) is 6.54 Å². The Bertz CT molecular complexity index is 898. The molecule has 2 aromatic rings. The molecular formula is C18H19ClN4O5. The Labute approximate surface area is 165 Å². The Kier molecular flexibility index (Phi) is 6.27. The molecule has 148 valence electrons. The number of hydrazone groups is 1. The van der Waals surface area contributed by atoms with Gasteiger partial charge in [0.05, 0.1) is 22.6 Å². The lowest BCUT2D eigenvalue weighted by Crippen LogP contribution is -2.42. The molecule has 0 saturated carbocycles. The van der Waals surface area contributed by atoms with Crippen LogP contribution < -0.4 is 10.7 Å². The number of benzene rings is 1. The smallest absolute Gasteiger partial charge is 0.307 e. The molecule has 3 rings (SSSR count). The number of carboxylic acid groups (broad SMARTS) is 1. The van der Waals surface area contributed by atoms with E-state index in [1.807, 2.05) is 0 Å². The maximum atomic E-state index is 11.2. The van der Waals surface area contributed by atoms with Gasteiger partial charge in [-0.15, -0.1) is 0 Å². The fraction of sp³-hybridized carbons (Fsp3) is 0.333. The lowest BCUT2D eigenvalue weighted by Gasteiger charge is -2.27. The Morgan fingerprint density at radius 2 is 2.25 bits per heavy atom. The molecule has 0 bridgehead atoms. The number of aliphatic carboxylic acids is 1. The summed E-state index contributed by atoms with van der Waals surface area (Å²) in [5.41, 5.74) is 3.09. The van der Waals surface area contributed by atoms with Gasteiger partial charge in [-0.25, -0.2) is 0 Å². The molecule has 2 atom stereocenters. The molecule has 10 heteroatoms. The highest BCUT2D eigenvalue weighted by atomic mass is 35.5. The molecule has 0 amide bonds. The third-order valence-electron chi connectivity index (χ3n) is 4.50. The van der Waals surface area contributed by atoms with E-state index in [1.54, 1.807) is 18.2 Å². The standard InChI is InChI=1S/C18H19ClN4O5/c19-13-1-3-15(16(6-13)23(26)27)17-4-2-14(28-17)10-22-21-8-11-5-12(18(24)25)9-20-7-11/h1-4,6,10-12,20-21H,5,7-9H2,(H,24,25)/b22-10+/t11-,12+/m0/s1. The molecule has 1 aromatic heterocycles. The highest BCUT2D eigenvalue weighted by molar-refractivity contribution is 6.30. The van der Waals surface area contributed by atoms with Crippen molar-refractivity contribution >= 4 is 29.5 Å². The van der Waals surface area contributed by atoms with Crippen LogP contribution in [-0.2, 0) is 4.79 Å². The van der Waals surface area contributed by atoms with Crippen LogP contribution in [0.4, 0.5) is 5.69 Å². The number of hydrogen-bond acceptors (Lipinski definition) is 7. The van der Waals surface area contributed by atoms with Gasteiger partial charge in [0, 0.05) is 24.2 Å². The summed E-state index contributed by atoms with van der Waals surface area (Å²) >= 11 is 5.83. The van der Waals surface area contributed by atoms with Gasteiger partial charge in [-0.05, 0) is 43.1 Å². The van der Waals surface area contributed by atoms with Crippen molar-refractivity contribution in [1.29, 1.82) is 0 Å². The SMILES string of the molecule is O=C(O)[C@H]1CNC[C@@H](CN/N=C/c2ccc(-c3ccc(Cl)cc3[N+](=O)[O-])o2)C1. The van der Waals surface area contributed by atoms with Crippen LogP contribution in [0.1, 0.15) is 12.2 Å². The maximum absolute atomic E-state index is 11.2. The van der Waals surface area contributed by atoms with Crippen LogP contribution >= 0.6 is 11.6 Å². The highest BCUT2D eigenvalue weighted by Gasteiger charge is 2.26. The maximum Gasteiger partial charge on any atom is 0.307 e. The van der Waals surface area contributed by atoms with Crippen molar-refractivity contribution in [3.63, 3.8) is 0 Å². The number of nitrogens with one attached hydrogen (secondary N) is 2. The molecule has 28 heavy (non-hydrogen) atoms. The van der Waals surface area contributed by atoms with E-state index in [2.05, 4.69) is 15.8 Å². The largest absolute Gasteiger partial charge is 0.481 e. The van der Waals surface area contributed by atoms with Gasteiger partial charge in [0.25, 0.3) is 5.69 Å². The second-order valence-electron chi connectivity index (χ2n) is 6.54. The van der Waals surface area contributed by atoms with Gasteiger partial charge in [0.1, 0.15) is 11.5 Å². The minimum absolute atomic E-state index is 0.138. The Morgan fingerprint density at radius 3 is 3.00 bits per heavy atom. The van der Waals surface area contributed by atoms with Crippen LogP contribution in [0.3, 0.4) is 0 Å². The zero-order valence-electron chi connectivity index (χ0n) is 14.8. The topological polar surface area (TPSA) is 130 Å². The predicted octanol–water partition coefficient (Wildman–Crippen LogP) is 2.74. The van der Waals surface area contributed by atoms with Crippen LogP contribution in [0.25, 0.3) is 11.3 Å². The number of furan rings is 1. The van der Waals surface area contributed by atoms with E-state index in [4.69, 9.17) is 21.1 Å². The number of halogens is 1. The molecule has 1 aromatic carbocycles. The van der Waals surface area contributed by atoms with Crippen molar-refractivity contribution < 1.29 is 19.2 Å². The Hall–Kier alpha value is -2.91. The van der Waals surface area contributed by atoms with Crippen LogP contribution in [0, 0.1) is 22.0 Å². The first-order chi connectivity index (χ1) is 13.4. The summed E-state index contributed by atoms with van der Waals surface area (Å²) in [4.78, 5) is 21.8. The average Bonchev–Trinajstić information content (AvgIpc) is 3.14. The van der Waals surface area contributed by atoms with E-state index in [0.29, 0.717) is 36.6 Å². The number of piperidine rings is 1. The van der Waals surface area contributed by atoms with E-state index in [1.165, 1.54) is 18.3 Å². The number of nitrogens with zero attached hydrogens (tertiary/aromatic N) is 2. The number of hydrogen-bond donors (Lipinski definition) is 3. The Morgan fingerprint density at radius 1 is 1.43 bits per heavy atom. The van der Waals surface area contributed by atoms with Crippen molar-refractivity contribution in [1.82, 2.24) is 10.7 Å². The second-order valence-corrected chi connectivity index (χ2v) is 6.97. The molecule has 1 aliphatic rings. The van der Waals surface area contributed by atoms with E-state index >= 15 is 0 Å². The number of nitro benzene ring substituents is 1. The average molecular weight is 407 g/mol. The molecule has 0 radical (unpaired) electrons. The monoisotopic (exact) mass is 406 g/mol. The summed E-state index contributed by atoms with van der Waals surface area (Å²) in [6.45, 7) is 1.75. The van der Waals surface area contributed by atoms with Crippen LogP contribution in [0.15, 0.2) is 39.9 Å². The summed E-state index contributed by atoms with van der Waals surface area (Å²) < 4.78 is 5.61. The third kappa shape index (κ3) is 4.87. The number of rotatable bonds is 7. The number of carbonyl (C=O) groups is 1. The molecule has 0 spiro atoms. The first kappa shape index (κ1) is 19.8. The predicted molar refractivity (Wildman–Crippen MR) is 104 cm³/mol. The first-order valence-electron chi connectivity index (χ1n) is 8.67. The lowest BCUT2D eigenvalue weighted by molar-refractivity contribution is -0.384. The molecule has 3 N–H and O–H groups in total. The van der Waals surface area contributed by atoms with Crippen molar-refractivity contribution in [2.75, 3.05) is 19.6 Å². The molecule has 9 nitrogen and oxygen atoms in total. The van der Waals surface area contributed by atoms with Crippen molar-refractivity contribution in [2.24, 2.45) is 16.9 Å². The van der Waals surface area contributed by atoms with Gasteiger partial charge in [0.15, 0.2) is 0 Å². The van der Waals surface area contributed by atoms with Crippen molar-refractivity contribution in [3.05, 3.63) is 51.2 Å². The van der Waals surface area contributed by atoms with Crippen molar-refractivity contribution in [2.45, 2.75) is 6.42 Å². The van der Waals surface area contributed by atoms with Crippen molar-refractivity contribution in [3.8, 4) is 11.3 Å². The van der Waals surface area contributed by atoms with Gasteiger partial charge >= 0.3 is 5.97 Å². The summed E-state index contributed by atoms with van der Waals surface area (Å²) in [5, 5.41) is 27.8. The summed E-state index contributed by atoms with van der Waals surface area (Å²) in [7, 11) is 0. The van der Waals surface area contributed by atoms with Crippen LogP contribution in [0.2, 0.25) is 5.02 Å². The van der Waals surface area contributed by atoms with Gasteiger partial charge in [-0.3, -0.25) is 14.9 Å². The van der Waals surface area contributed by atoms with E-state index in [-0.39, 0.29) is 22.5 Å². The van der Waals surface area contributed by atoms with Gasteiger partial charge in [0.2, 0.25) is 0 Å². The molecule has 0 unspecified atom stereocenters. The molecular weight excluding hydrogens is 388 g/mol. The minimum atomic E-state index is -0.792. The normalized spacial score (nSPS) is 19.6. The summed E-state index contributed by atoms with van der Waals surface area (Å²) in [5.74, 6) is -0.245. The summed E-state index contributed by atoms with van der Waals surface area (Å²) in [6.07, 6.45) is 2.06. The zero-order chi connectivity index (χ0) is 20.1.